The van der Waals surface area contributed by atoms with Crippen molar-refractivity contribution in [3.63, 3.8) is 0 Å². The summed E-state index contributed by atoms with van der Waals surface area (Å²) in [5.74, 6) is 0.651. The molecule has 0 unspecified atom stereocenters. The van der Waals surface area contributed by atoms with E-state index in [1.165, 1.54) is 12.8 Å². The van der Waals surface area contributed by atoms with E-state index in [4.69, 9.17) is 9.47 Å². The molecule has 26 heavy (non-hydrogen) atoms. The first-order valence-electron chi connectivity index (χ1n) is 10.2. The molecule has 0 aromatic heterocycles. The molecule has 1 aromatic carbocycles. The Kier molecular flexibility index (Phi) is 5.77. The predicted octanol–water partition coefficient (Wildman–Crippen LogP) is 3.28. The number of rotatable bonds is 6. The Balaban J connectivity index is 1.28. The van der Waals surface area contributed by atoms with Crippen LogP contribution >= 0.6 is 0 Å². The molecular formula is C21H31FN2O2. The zero-order valence-electron chi connectivity index (χ0n) is 15.8. The minimum Gasteiger partial charge on any atom is -0.380 e. The first kappa shape index (κ1) is 18.2. The minimum atomic E-state index is -0.155. The lowest BCUT2D eigenvalue weighted by Gasteiger charge is -2.39. The second-order valence-electron chi connectivity index (χ2n) is 8.14. The fourth-order valence-corrected chi connectivity index (χ4v) is 4.18. The van der Waals surface area contributed by atoms with E-state index < -0.39 is 0 Å². The average molecular weight is 362 g/mol. The minimum absolute atomic E-state index is 0.155. The third kappa shape index (κ3) is 4.56. The van der Waals surface area contributed by atoms with E-state index in [1.54, 1.807) is 12.1 Å². The van der Waals surface area contributed by atoms with Crippen molar-refractivity contribution in [2.24, 2.45) is 5.92 Å². The molecule has 2 saturated heterocycles. The van der Waals surface area contributed by atoms with Gasteiger partial charge in [0.05, 0.1) is 18.8 Å². The van der Waals surface area contributed by atoms with Crippen LogP contribution in [0.15, 0.2) is 18.2 Å². The van der Waals surface area contributed by atoms with Crippen LogP contribution in [0, 0.1) is 18.7 Å². The molecule has 0 amide bonds. The van der Waals surface area contributed by atoms with Crippen molar-refractivity contribution in [1.82, 2.24) is 5.32 Å². The number of aryl methyl sites for hydroxylation is 1. The highest BCUT2D eigenvalue weighted by molar-refractivity contribution is 5.53. The normalized spacial score (nSPS) is 27.7. The first-order valence-corrected chi connectivity index (χ1v) is 10.2. The van der Waals surface area contributed by atoms with E-state index in [2.05, 4.69) is 10.2 Å². The van der Waals surface area contributed by atoms with Gasteiger partial charge >= 0.3 is 0 Å². The van der Waals surface area contributed by atoms with E-state index in [1.807, 2.05) is 13.0 Å². The number of nitrogens with zero attached hydrogens (tertiary/aromatic N) is 1. The number of benzene rings is 1. The van der Waals surface area contributed by atoms with Crippen molar-refractivity contribution in [2.75, 3.05) is 37.8 Å². The average Bonchev–Trinajstić information content (AvgIpc) is 3.46. The van der Waals surface area contributed by atoms with Gasteiger partial charge in [-0.1, -0.05) is 0 Å². The highest BCUT2D eigenvalue weighted by atomic mass is 19.1. The summed E-state index contributed by atoms with van der Waals surface area (Å²) < 4.78 is 25.2. The highest BCUT2D eigenvalue weighted by Crippen LogP contribution is 2.30. The fourth-order valence-electron chi connectivity index (χ4n) is 4.18. The van der Waals surface area contributed by atoms with Gasteiger partial charge in [-0.3, -0.25) is 0 Å². The van der Waals surface area contributed by atoms with Crippen molar-refractivity contribution < 1.29 is 13.9 Å². The molecule has 1 saturated carbocycles. The lowest BCUT2D eigenvalue weighted by molar-refractivity contribution is -0.0620. The van der Waals surface area contributed by atoms with Crippen LogP contribution in [0.1, 0.15) is 37.7 Å². The maximum absolute atomic E-state index is 13.3. The lowest BCUT2D eigenvalue weighted by atomic mass is 9.99. The summed E-state index contributed by atoms with van der Waals surface area (Å²) in [6.45, 7) is 6.49. The Morgan fingerprint density at radius 2 is 2.00 bits per heavy atom. The van der Waals surface area contributed by atoms with Gasteiger partial charge in [0.25, 0.3) is 0 Å². The first-order chi connectivity index (χ1) is 12.7. The van der Waals surface area contributed by atoms with E-state index >= 15 is 0 Å². The molecule has 2 atom stereocenters. The van der Waals surface area contributed by atoms with E-state index in [9.17, 15) is 4.39 Å². The van der Waals surface area contributed by atoms with Crippen molar-refractivity contribution in [2.45, 2.75) is 57.2 Å². The number of hydrogen-bond acceptors (Lipinski definition) is 4. The SMILES string of the molecule is Cc1cc(F)ccc1N1CCC(N[C@@H]2COCC[C@@H]2OCC2CC2)CC1. The van der Waals surface area contributed by atoms with Gasteiger partial charge in [-0.2, -0.15) is 0 Å². The Morgan fingerprint density at radius 3 is 2.73 bits per heavy atom. The zero-order valence-corrected chi connectivity index (χ0v) is 15.8. The van der Waals surface area contributed by atoms with Crippen molar-refractivity contribution in [3.05, 3.63) is 29.6 Å². The van der Waals surface area contributed by atoms with Crippen molar-refractivity contribution in [3.8, 4) is 0 Å². The molecule has 0 bridgehead atoms. The second kappa shape index (κ2) is 8.24. The number of ether oxygens (including phenoxy) is 2. The summed E-state index contributed by atoms with van der Waals surface area (Å²) in [5.41, 5.74) is 2.18. The summed E-state index contributed by atoms with van der Waals surface area (Å²) in [4.78, 5) is 2.38. The third-order valence-corrected chi connectivity index (χ3v) is 5.98. The molecule has 0 spiro atoms. The lowest BCUT2D eigenvalue weighted by Crippen LogP contribution is -2.54. The molecule has 5 heteroatoms. The van der Waals surface area contributed by atoms with Crippen LogP contribution in [-0.4, -0.2) is 51.1 Å². The van der Waals surface area contributed by atoms with Gasteiger partial charge in [0.15, 0.2) is 0 Å². The molecule has 144 valence electrons. The number of piperidine rings is 1. The number of anilines is 1. The van der Waals surface area contributed by atoms with Gasteiger partial charge in [-0.15, -0.1) is 0 Å². The summed E-state index contributed by atoms with van der Waals surface area (Å²) >= 11 is 0. The predicted molar refractivity (Wildman–Crippen MR) is 101 cm³/mol. The van der Waals surface area contributed by atoms with Crippen LogP contribution < -0.4 is 10.2 Å². The van der Waals surface area contributed by atoms with Crippen LogP contribution in [0.25, 0.3) is 0 Å². The molecule has 2 heterocycles. The Bertz CT molecular complexity index is 600. The molecule has 4 nitrogen and oxygen atoms in total. The number of halogens is 1. The van der Waals surface area contributed by atoms with Gasteiger partial charge in [0.1, 0.15) is 5.82 Å². The molecule has 1 aromatic rings. The molecule has 1 aliphatic carbocycles. The molecule has 1 N–H and O–H groups in total. The van der Waals surface area contributed by atoms with Gasteiger partial charge in [0, 0.05) is 38.0 Å². The van der Waals surface area contributed by atoms with Crippen molar-refractivity contribution in [1.29, 1.82) is 0 Å². The molecule has 4 rings (SSSR count). The zero-order chi connectivity index (χ0) is 17.9. The topological polar surface area (TPSA) is 33.7 Å². The van der Waals surface area contributed by atoms with Crippen LogP contribution in [-0.2, 0) is 9.47 Å². The van der Waals surface area contributed by atoms with Crippen molar-refractivity contribution >= 4 is 5.69 Å². The highest BCUT2D eigenvalue weighted by Gasteiger charge is 2.32. The van der Waals surface area contributed by atoms with Crippen LogP contribution in [0.5, 0.6) is 0 Å². The Hall–Kier alpha value is -1.17. The van der Waals surface area contributed by atoms with Gasteiger partial charge < -0.3 is 19.7 Å². The molecular weight excluding hydrogens is 331 g/mol. The summed E-state index contributed by atoms with van der Waals surface area (Å²) in [6, 6.07) is 5.92. The maximum Gasteiger partial charge on any atom is 0.123 e. The largest absolute Gasteiger partial charge is 0.380 e. The second-order valence-corrected chi connectivity index (χ2v) is 8.14. The Morgan fingerprint density at radius 1 is 1.19 bits per heavy atom. The summed E-state index contributed by atoms with van der Waals surface area (Å²) in [5, 5.41) is 3.81. The van der Waals surface area contributed by atoms with Crippen LogP contribution in [0.4, 0.5) is 10.1 Å². The van der Waals surface area contributed by atoms with E-state index in [0.717, 1.165) is 69.3 Å². The smallest absolute Gasteiger partial charge is 0.123 e. The van der Waals surface area contributed by atoms with E-state index in [-0.39, 0.29) is 5.82 Å². The molecule has 0 radical (unpaired) electrons. The summed E-state index contributed by atoms with van der Waals surface area (Å²) in [7, 11) is 0. The third-order valence-electron chi connectivity index (χ3n) is 5.98. The van der Waals surface area contributed by atoms with Gasteiger partial charge in [0.2, 0.25) is 0 Å². The number of hydrogen-bond donors (Lipinski definition) is 1. The van der Waals surface area contributed by atoms with Crippen LogP contribution in [0.3, 0.4) is 0 Å². The maximum atomic E-state index is 13.3. The Labute approximate surface area is 156 Å². The fraction of sp³-hybridized carbons (Fsp3) is 0.714. The molecule has 3 aliphatic rings. The van der Waals surface area contributed by atoms with Gasteiger partial charge in [-0.05, 0) is 68.7 Å². The van der Waals surface area contributed by atoms with Crippen LogP contribution in [0.2, 0.25) is 0 Å². The molecule has 2 aliphatic heterocycles. The monoisotopic (exact) mass is 362 g/mol. The standard InChI is InChI=1S/C21H31FN2O2/c1-15-12-17(22)4-5-20(15)24-9-6-18(7-10-24)23-19-14-25-11-8-21(19)26-13-16-2-3-16/h4-5,12,16,18-19,21,23H,2-3,6-11,13-14H2,1H3/t19-,21+/m1/s1. The number of nitrogens with one attached hydrogen (secondary N) is 1. The summed E-state index contributed by atoms with van der Waals surface area (Å²) in [6.07, 6.45) is 6.16. The molecule has 3 fully saturated rings. The van der Waals surface area contributed by atoms with Gasteiger partial charge in [-0.25, -0.2) is 4.39 Å². The quantitative estimate of drug-likeness (QED) is 0.842. The van der Waals surface area contributed by atoms with E-state index in [0.29, 0.717) is 18.2 Å².